The van der Waals surface area contributed by atoms with Crippen LogP contribution < -0.4 is 0 Å². The Hall–Kier alpha value is 2.08. The first-order valence-electron chi connectivity index (χ1n) is 6.65. The van der Waals surface area contributed by atoms with Crippen LogP contribution in [0.3, 0.4) is 0 Å². The molecular weight excluding hydrogens is 539 g/mol. The van der Waals surface area contributed by atoms with Crippen molar-refractivity contribution in [2.75, 3.05) is 0 Å². The van der Waals surface area contributed by atoms with Gasteiger partial charge in [0.05, 0.1) is 0 Å². The van der Waals surface area contributed by atoms with Gasteiger partial charge in [-0.2, -0.15) is 0 Å². The van der Waals surface area contributed by atoms with Crippen molar-refractivity contribution in [1.29, 1.82) is 0 Å². The minimum absolute atomic E-state index is 0.00477. The van der Waals surface area contributed by atoms with Crippen molar-refractivity contribution < 1.29 is 5.11 Å². The summed E-state index contributed by atoms with van der Waals surface area (Å²) in [5.74, 6) is -0.418. The van der Waals surface area contributed by atoms with Crippen LogP contribution in [0, 0.1) is 5.92 Å². The third kappa shape index (κ3) is 5.17. The fourth-order valence-corrected chi connectivity index (χ4v) is 3.33. The monoisotopic (exact) mass is 545 g/mol. The van der Waals surface area contributed by atoms with Crippen molar-refractivity contribution >= 4 is 116 Å². The van der Waals surface area contributed by atoms with Crippen molar-refractivity contribution in [1.82, 2.24) is 0 Å². The molecule has 0 saturated heterocycles. The van der Waals surface area contributed by atoms with Crippen molar-refractivity contribution in [3.05, 3.63) is 34.9 Å². The third-order valence-electron chi connectivity index (χ3n) is 3.38. The lowest BCUT2D eigenvalue weighted by atomic mass is 9.88. The molecule has 1 nitrogen and oxygen atoms in total. The quantitative estimate of drug-likeness (QED) is 0.335. The van der Waals surface area contributed by atoms with Crippen LogP contribution in [0.5, 0.6) is 0 Å². The number of hydrogen-bond acceptors (Lipinski definition) is 0. The Bertz CT molecular complexity index is 571. The van der Waals surface area contributed by atoms with E-state index < -0.39 is 28.3 Å². The molecule has 1 unspecified atom stereocenters. The second-order valence-corrected chi connectivity index (χ2v) is 12.8. The number of alkyl halides is 10. The average Bonchev–Trinajstić information content (AvgIpc) is 2.42. The lowest BCUT2D eigenvalue weighted by molar-refractivity contribution is 0.0469. The van der Waals surface area contributed by atoms with E-state index >= 15 is 0 Å². The average molecular weight is 550 g/mol. The van der Waals surface area contributed by atoms with Crippen LogP contribution >= 0.6 is 116 Å². The largest absolute Gasteiger partial charge is 0.228 e. The van der Waals surface area contributed by atoms with E-state index in [-0.39, 0.29) is 16.7 Å². The maximum atomic E-state index is 12.9. The maximum Gasteiger partial charge on any atom is 0.227 e. The van der Waals surface area contributed by atoms with E-state index in [1.54, 1.807) is 13.8 Å². The van der Waals surface area contributed by atoms with E-state index in [0.29, 0.717) is 0 Å². The van der Waals surface area contributed by atoms with E-state index in [9.17, 15) is 5.11 Å². The fraction of sp³-hybridized carbons (Fsp3) is 0.571. The topological polar surface area (TPSA) is 19.9 Å². The molecule has 0 aliphatic heterocycles. The number of hydrogen-bond donors (Lipinski definition) is 0. The summed E-state index contributed by atoms with van der Waals surface area (Å²) in [4.78, 5) is 0. The van der Waals surface area contributed by atoms with Crippen LogP contribution in [0.2, 0.25) is 0 Å². The molecule has 0 spiro atoms. The highest BCUT2D eigenvalue weighted by Gasteiger charge is 2.53. The summed E-state index contributed by atoms with van der Waals surface area (Å²) in [7, 11) is 0. The van der Waals surface area contributed by atoms with Gasteiger partial charge in [0.15, 0.2) is 8.67 Å². The van der Waals surface area contributed by atoms with Crippen LogP contribution in [0.4, 0.5) is 0 Å². The summed E-state index contributed by atoms with van der Waals surface area (Å²) >= 11 is 60.5. The molecule has 1 rings (SSSR count). The van der Waals surface area contributed by atoms with Crippen LogP contribution in [0.15, 0.2) is 18.2 Å². The highest BCUT2D eigenvalue weighted by molar-refractivity contribution is 6.76. The summed E-state index contributed by atoms with van der Waals surface area (Å²) < 4.78 is -8.50. The predicted molar refractivity (Wildman–Crippen MR) is 112 cm³/mol. The number of benzene rings is 1. The molecule has 0 amide bonds. The molecule has 143 valence electrons. The lowest BCUT2D eigenvalue weighted by Crippen LogP contribution is -2.34. The van der Waals surface area contributed by atoms with Gasteiger partial charge >= 0.3 is 0 Å². The van der Waals surface area contributed by atoms with E-state index in [1.165, 1.54) is 18.2 Å². The molecular formula is C14H11Cl10O. The second kappa shape index (κ2) is 8.44. The normalized spacial score (nSPS) is 15.6. The summed E-state index contributed by atoms with van der Waals surface area (Å²) in [5, 5.41) is 12.9. The Morgan fingerprint density at radius 1 is 0.720 bits per heavy atom. The Morgan fingerprint density at radius 3 is 1.28 bits per heavy atom. The van der Waals surface area contributed by atoms with Crippen LogP contribution in [0.25, 0.3) is 0 Å². The highest BCUT2D eigenvalue weighted by atomic mass is 35.6. The summed E-state index contributed by atoms with van der Waals surface area (Å²) in [5.41, 5.74) is 0.0362. The molecule has 0 bridgehead atoms. The molecule has 0 heterocycles. The minimum atomic E-state index is -2.17. The zero-order valence-corrected chi connectivity index (χ0v) is 20.1. The lowest BCUT2D eigenvalue weighted by Gasteiger charge is -2.36. The molecule has 1 aromatic rings. The van der Waals surface area contributed by atoms with Gasteiger partial charge in [-0.05, 0) is 22.6 Å². The SMILES string of the molecule is CC(C)C([O])c1c(C(Cl)(Cl)C(Cl)(Cl)Cl)cccc1C(Cl)(Cl)C(Cl)(Cl)Cl. The molecule has 25 heavy (non-hydrogen) atoms. The molecule has 0 saturated carbocycles. The Morgan fingerprint density at radius 2 is 1.04 bits per heavy atom. The molecule has 1 radical (unpaired) electrons. The number of rotatable bonds is 4. The molecule has 0 aliphatic carbocycles. The van der Waals surface area contributed by atoms with E-state index in [1.807, 2.05) is 0 Å². The second-order valence-electron chi connectivity index (χ2n) is 5.58. The summed E-state index contributed by atoms with van der Waals surface area (Å²) in [6, 6.07) is 4.32. The van der Waals surface area contributed by atoms with E-state index in [4.69, 9.17) is 116 Å². The van der Waals surface area contributed by atoms with Gasteiger partial charge in [-0.15, -0.1) is 0 Å². The van der Waals surface area contributed by atoms with Gasteiger partial charge in [0.1, 0.15) is 6.10 Å². The molecule has 0 N–H and O–H groups in total. The van der Waals surface area contributed by atoms with Crippen molar-refractivity contribution in [3.63, 3.8) is 0 Å². The zero-order valence-electron chi connectivity index (χ0n) is 12.6. The van der Waals surface area contributed by atoms with Crippen LogP contribution in [0.1, 0.15) is 36.6 Å². The van der Waals surface area contributed by atoms with Crippen molar-refractivity contribution in [2.24, 2.45) is 5.92 Å². The molecule has 1 atom stereocenters. The zero-order chi connectivity index (χ0) is 20.0. The maximum absolute atomic E-state index is 12.9. The van der Waals surface area contributed by atoms with E-state index in [2.05, 4.69) is 0 Å². The van der Waals surface area contributed by atoms with Gasteiger partial charge in [0.25, 0.3) is 0 Å². The van der Waals surface area contributed by atoms with Gasteiger partial charge in [-0.3, -0.25) is 0 Å². The van der Waals surface area contributed by atoms with Gasteiger partial charge in [0, 0.05) is 0 Å². The molecule has 0 aromatic heterocycles. The first-order chi connectivity index (χ1) is 11.0. The predicted octanol–water partition coefficient (Wildman–Crippen LogP) is 8.82. The Balaban J connectivity index is 3.88. The molecule has 1 aromatic carbocycles. The fourth-order valence-electron chi connectivity index (χ4n) is 2.06. The van der Waals surface area contributed by atoms with Gasteiger partial charge in [-0.1, -0.05) is 148 Å². The van der Waals surface area contributed by atoms with Crippen LogP contribution in [-0.2, 0) is 13.8 Å². The Kier molecular flexibility index (Phi) is 8.48. The molecule has 0 aliphatic rings. The highest BCUT2D eigenvalue weighted by Crippen LogP contribution is 2.59. The van der Waals surface area contributed by atoms with Gasteiger partial charge in [0.2, 0.25) is 7.59 Å². The summed E-state index contributed by atoms with van der Waals surface area (Å²) in [6.07, 6.45) is -1.39. The third-order valence-corrected chi connectivity index (χ3v) is 8.19. The standard InChI is InChI=1S/C14H11Cl10O/c1-6(2)10(25)9-7(11(15,16)13(19,20)21)4-3-5-8(9)12(17,18)14(22,23)24/h3-6,10H,1-2H3. The van der Waals surface area contributed by atoms with Gasteiger partial charge < -0.3 is 0 Å². The molecule has 11 heteroatoms. The first-order valence-corrected chi connectivity index (χ1v) is 10.4. The number of halogens is 10. The summed E-state index contributed by atoms with van der Waals surface area (Å²) in [6.45, 7) is 3.36. The van der Waals surface area contributed by atoms with E-state index in [0.717, 1.165) is 0 Å². The molecule has 0 fully saturated rings. The Labute approximate surface area is 196 Å². The first kappa shape index (κ1) is 25.1. The van der Waals surface area contributed by atoms with Crippen molar-refractivity contribution in [2.45, 2.75) is 36.2 Å². The smallest absolute Gasteiger partial charge is 0.227 e. The van der Waals surface area contributed by atoms with Crippen LogP contribution in [-0.4, -0.2) is 7.59 Å². The van der Waals surface area contributed by atoms with Crippen molar-refractivity contribution in [3.8, 4) is 0 Å². The minimum Gasteiger partial charge on any atom is -0.228 e. The van der Waals surface area contributed by atoms with Gasteiger partial charge in [-0.25, -0.2) is 5.11 Å².